The predicted molar refractivity (Wildman–Crippen MR) is 92.9 cm³/mol. The first-order valence-electron chi connectivity index (χ1n) is 8.34. The molecule has 0 unspecified atom stereocenters. The number of hydrogen-bond donors (Lipinski definition) is 0. The topological polar surface area (TPSA) is 57.2 Å². The lowest BCUT2D eigenvalue weighted by Crippen LogP contribution is -2.26. The van der Waals surface area contributed by atoms with Gasteiger partial charge in [0, 0.05) is 19.2 Å². The summed E-state index contributed by atoms with van der Waals surface area (Å²) in [5.41, 5.74) is 0.996. The summed E-state index contributed by atoms with van der Waals surface area (Å²) in [5, 5.41) is 0. The van der Waals surface area contributed by atoms with Gasteiger partial charge in [-0.1, -0.05) is 12.1 Å². The van der Waals surface area contributed by atoms with Crippen molar-refractivity contribution in [1.82, 2.24) is 4.90 Å². The number of hydrogen-bond acceptors (Lipinski definition) is 5. The zero-order valence-corrected chi connectivity index (χ0v) is 15.2. The van der Waals surface area contributed by atoms with Crippen LogP contribution in [0.3, 0.4) is 0 Å². The number of carbonyl (C=O) groups excluding carboxylic acids is 1. The van der Waals surface area contributed by atoms with Crippen molar-refractivity contribution in [2.24, 2.45) is 0 Å². The highest BCUT2D eigenvalue weighted by Gasteiger charge is 2.31. The van der Waals surface area contributed by atoms with Crippen molar-refractivity contribution in [3.63, 3.8) is 0 Å². The first-order valence-corrected chi connectivity index (χ1v) is 8.34. The van der Waals surface area contributed by atoms with E-state index in [9.17, 15) is 18.0 Å². The number of nitrogens with zero attached hydrogens (tertiary/aromatic N) is 1. The molecule has 0 fully saturated rings. The Balaban J connectivity index is 1.72. The van der Waals surface area contributed by atoms with Crippen molar-refractivity contribution in [1.29, 1.82) is 0 Å². The van der Waals surface area contributed by atoms with Gasteiger partial charge >= 0.3 is 6.36 Å². The van der Waals surface area contributed by atoms with Crippen molar-refractivity contribution >= 4 is 5.91 Å². The maximum atomic E-state index is 12.8. The smallest absolute Gasteiger partial charge is 0.493 e. The second kappa shape index (κ2) is 7.87. The van der Waals surface area contributed by atoms with Gasteiger partial charge in [-0.2, -0.15) is 0 Å². The molecule has 0 saturated heterocycles. The average molecular weight is 397 g/mol. The lowest BCUT2D eigenvalue weighted by molar-refractivity contribution is -0.274. The monoisotopic (exact) mass is 397 g/mol. The van der Waals surface area contributed by atoms with E-state index in [1.807, 2.05) is 0 Å². The van der Waals surface area contributed by atoms with Gasteiger partial charge in [0.25, 0.3) is 5.91 Å². The van der Waals surface area contributed by atoms with Gasteiger partial charge < -0.3 is 23.8 Å². The van der Waals surface area contributed by atoms with Gasteiger partial charge in [-0.3, -0.25) is 4.79 Å². The molecule has 0 spiro atoms. The third-order valence-electron chi connectivity index (χ3n) is 4.00. The normalized spacial score (nSPS) is 13.0. The molecule has 0 radical (unpaired) electrons. The number of fused-ring (bicyclic) bond motifs is 1. The predicted octanol–water partition coefficient (Wildman–Crippen LogP) is 3.64. The van der Waals surface area contributed by atoms with Crippen LogP contribution in [0.1, 0.15) is 15.9 Å². The number of alkyl halides is 3. The van der Waals surface area contributed by atoms with E-state index in [1.165, 1.54) is 36.3 Å². The molecular formula is C19H18F3NO5. The molecule has 1 heterocycles. The van der Waals surface area contributed by atoms with Crippen molar-refractivity contribution in [2.75, 3.05) is 27.4 Å². The molecule has 1 aliphatic heterocycles. The molecule has 0 N–H and O–H groups in total. The molecule has 2 aromatic carbocycles. The number of carbonyl (C=O) groups is 1. The molecule has 0 aliphatic carbocycles. The van der Waals surface area contributed by atoms with Gasteiger partial charge in [0.05, 0.1) is 7.11 Å². The highest BCUT2D eigenvalue weighted by Crippen LogP contribution is 2.40. The number of ether oxygens (including phenoxy) is 4. The van der Waals surface area contributed by atoms with E-state index in [4.69, 9.17) is 14.2 Å². The first kappa shape index (κ1) is 19.7. The Morgan fingerprint density at radius 2 is 1.82 bits per heavy atom. The lowest BCUT2D eigenvalue weighted by Gasteiger charge is -2.23. The highest BCUT2D eigenvalue weighted by molar-refractivity contribution is 5.95. The van der Waals surface area contributed by atoms with Crippen molar-refractivity contribution < 1.29 is 36.9 Å². The van der Waals surface area contributed by atoms with Crippen molar-refractivity contribution in [2.45, 2.75) is 12.9 Å². The third-order valence-corrected chi connectivity index (χ3v) is 4.00. The Kier molecular flexibility index (Phi) is 5.53. The summed E-state index contributed by atoms with van der Waals surface area (Å²) < 4.78 is 56.8. The molecule has 0 bridgehead atoms. The molecular weight excluding hydrogens is 379 g/mol. The fourth-order valence-electron chi connectivity index (χ4n) is 2.76. The summed E-state index contributed by atoms with van der Waals surface area (Å²) in [7, 11) is 3.06. The minimum absolute atomic E-state index is 0.196. The maximum Gasteiger partial charge on any atom is 0.573 e. The van der Waals surface area contributed by atoms with Gasteiger partial charge in [-0.15, -0.1) is 13.2 Å². The largest absolute Gasteiger partial charge is 0.573 e. The van der Waals surface area contributed by atoms with Crippen LogP contribution in [0.25, 0.3) is 0 Å². The fourth-order valence-corrected chi connectivity index (χ4v) is 2.76. The van der Waals surface area contributed by atoms with Crippen LogP contribution < -0.4 is 18.9 Å². The molecule has 0 aromatic heterocycles. The standard InChI is InChI=1S/C19H18F3NO5/c1-23(11-12-3-5-14(6-4-12)28-19(20,21)22)18(24)13-9-15(25-2)17-16(10-13)26-7-8-27-17/h3-6,9-10H,7-8,11H2,1-2H3. The van der Waals surface area contributed by atoms with Crippen molar-refractivity contribution in [3.05, 3.63) is 47.5 Å². The number of benzene rings is 2. The Hall–Kier alpha value is -3.10. The van der Waals surface area contributed by atoms with Crippen molar-refractivity contribution in [3.8, 4) is 23.0 Å². The average Bonchev–Trinajstić information content (AvgIpc) is 2.66. The molecule has 0 atom stereocenters. The van der Waals surface area contributed by atoms with Gasteiger partial charge in [0.2, 0.25) is 5.75 Å². The quantitative estimate of drug-likeness (QED) is 0.771. The molecule has 3 rings (SSSR count). The molecule has 1 amide bonds. The molecule has 1 aliphatic rings. The molecule has 0 saturated carbocycles. The van der Waals surface area contributed by atoms with Gasteiger partial charge in [-0.25, -0.2) is 0 Å². The Labute approximate surface area is 159 Å². The van der Waals surface area contributed by atoms with Gasteiger partial charge in [0.15, 0.2) is 11.5 Å². The summed E-state index contributed by atoms with van der Waals surface area (Å²) in [6.07, 6.45) is -4.74. The fraction of sp³-hybridized carbons (Fsp3) is 0.316. The number of rotatable bonds is 5. The second-order valence-corrected chi connectivity index (χ2v) is 6.06. The lowest BCUT2D eigenvalue weighted by atomic mass is 10.1. The van der Waals surface area contributed by atoms with Crippen LogP contribution in [0, 0.1) is 0 Å². The molecule has 9 heteroatoms. The Bertz CT molecular complexity index is 835. The zero-order chi connectivity index (χ0) is 20.3. The first-order chi connectivity index (χ1) is 13.3. The summed E-state index contributed by atoms with van der Waals surface area (Å²) in [4.78, 5) is 14.2. The summed E-state index contributed by atoms with van der Waals surface area (Å²) >= 11 is 0. The Morgan fingerprint density at radius 1 is 1.14 bits per heavy atom. The van der Waals surface area contributed by atoms with Gasteiger partial charge in [-0.05, 0) is 29.8 Å². The van der Waals surface area contributed by atoms with E-state index in [0.717, 1.165) is 0 Å². The summed E-state index contributed by atoms with van der Waals surface area (Å²) in [5.74, 6) is 0.652. The van der Waals surface area contributed by atoms with E-state index < -0.39 is 6.36 Å². The minimum atomic E-state index is -4.74. The van der Waals surface area contributed by atoms with E-state index in [-0.39, 0.29) is 18.2 Å². The van der Waals surface area contributed by atoms with Crippen LogP contribution in [0.4, 0.5) is 13.2 Å². The van der Waals surface area contributed by atoms with Crippen LogP contribution in [0.15, 0.2) is 36.4 Å². The minimum Gasteiger partial charge on any atom is -0.493 e. The van der Waals surface area contributed by atoms with Crippen LogP contribution in [-0.2, 0) is 6.54 Å². The zero-order valence-electron chi connectivity index (χ0n) is 15.2. The molecule has 2 aromatic rings. The van der Waals surface area contributed by atoms with Crippen LogP contribution in [0.2, 0.25) is 0 Å². The Morgan fingerprint density at radius 3 is 2.46 bits per heavy atom. The molecule has 28 heavy (non-hydrogen) atoms. The van der Waals surface area contributed by atoms with Crippen LogP contribution in [0.5, 0.6) is 23.0 Å². The molecule has 6 nitrogen and oxygen atoms in total. The third kappa shape index (κ3) is 4.59. The van der Waals surface area contributed by atoms with E-state index in [1.54, 1.807) is 19.2 Å². The maximum absolute atomic E-state index is 12.8. The SMILES string of the molecule is COc1cc(C(=O)N(C)Cc2ccc(OC(F)(F)F)cc2)cc2c1OCCO2. The van der Waals surface area contributed by atoms with Crippen LogP contribution >= 0.6 is 0 Å². The summed E-state index contributed by atoms with van der Waals surface area (Å²) in [6, 6.07) is 8.48. The second-order valence-electron chi connectivity index (χ2n) is 6.06. The van der Waals surface area contributed by atoms with Gasteiger partial charge in [0.1, 0.15) is 19.0 Å². The summed E-state index contributed by atoms with van der Waals surface area (Å²) in [6.45, 7) is 0.961. The number of halogens is 3. The van der Waals surface area contributed by atoms with E-state index in [0.29, 0.717) is 41.6 Å². The number of amides is 1. The highest BCUT2D eigenvalue weighted by atomic mass is 19.4. The number of methoxy groups -OCH3 is 1. The van der Waals surface area contributed by atoms with Crippen LogP contribution in [-0.4, -0.2) is 44.5 Å². The molecule has 150 valence electrons. The van der Waals surface area contributed by atoms with E-state index in [2.05, 4.69) is 4.74 Å². The van der Waals surface area contributed by atoms with E-state index >= 15 is 0 Å².